The highest BCUT2D eigenvalue weighted by Gasteiger charge is 2.42. The highest BCUT2D eigenvalue weighted by Crippen LogP contribution is 2.41. The fourth-order valence-electron chi connectivity index (χ4n) is 4.66. The molecule has 4 aromatic rings. The van der Waals surface area contributed by atoms with Gasteiger partial charge in [0.1, 0.15) is 11.5 Å². The summed E-state index contributed by atoms with van der Waals surface area (Å²) >= 11 is 0. The van der Waals surface area contributed by atoms with E-state index in [-0.39, 0.29) is 25.3 Å². The number of carbonyl (C=O) groups excluding carboxylic acids is 1. The molecule has 3 aromatic heterocycles. The van der Waals surface area contributed by atoms with Gasteiger partial charge in [0.2, 0.25) is 5.78 Å². The lowest BCUT2D eigenvalue weighted by Crippen LogP contribution is -2.31. The van der Waals surface area contributed by atoms with Crippen LogP contribution in [0.3, 0.4) is 0 Å². The van der Waals surface area contributed by atoms with E-state index in [1.165, 1.54) is 0 Å². The molecule has 1 fully saturated rings. The molecule has 0 radical (unpaired) electrons. The predicted octanol–water partition coefficient (Wildman–Crippen LogP) is 4.23. The van der Waals surface area contributed by atoms with Crippen molar-refractivity contribution in [1.82, 2.24) is 34.4 Å². The normalized spacial score (nSPS) is 17.8. The Kier molecular flexibility index (Phi) is 5.31. The van der Waals surface area contributed by atoms with Crippen LogP contribution in [0.5, 0.6) is 0 Å². The molecule has 1 unspecified atom stereocenters. The van der Waals surface area contributed by atoms with Crippen molar-refractivity contribution < 1.29 is 18.0 Å². The van der Waals surface area contributed by atoms with Crippen LogP contribution in [0.2, 0.25) is 0 Å². The first-order valence-electron chi connectivity index (χ1n) is 12.0. The van der Waals surface area contributed by atoms with E-state index in [0.717, 1.165) is 35.2 Å². The van der Waals surface area contributed by atoms with Crippen LogP contribution < -0.4 is 5.32 Å². The summed E-state index contributed by atoms with van der Waals surface area (Å²) in [5.41, 5.74) is 3.86. The first kappa shape index (κ1) is 22.7. The maximum atomic E-state index is 13.2. The molecule has 1 amide bonds. The van der Waals surface area contributed by atoms with E-state index >= 15 is 0 Å². The molecular formula is C25H24F3N7O. The number of imidazole rings is 1. The number of rotatable bonds is 5. The first-order valence-corrected chi connectivity index (χ1v) is 12.0. The van der Waals surface area contributed by atoms with E-state index < -0.39 is 12.1 Å². The molecule has 1 saturated carbocycles. The van der Waals surface area contributed by atoms with Crippen molar-refractivity contribution >= 4 is 11.7 Å². The zero-order chi connectivity index (χ0) is 25.0. The number of halogens is 3. The minimum Gasteiger partial charge on any atom is -0.347 e. The van der Waals surface area contributed by atoms with Crippen LogP contribution in [0.25, 0.3) is 17.2 Å². The van der Waals surface area contributed by atoms with E-state index in [9.17, 15) is 18.0 Å². The number of amides is 1. The molecule has 4 heterocycles. The first-order chi connectivity index (χ1) is 17.3. The molecule has 1 aliphatic heterocycles. The number of nitrogens with one attached hydrogen (secondary N) is 1. The monoisotopic (exact) mass is 495 g/mol. The SMILES string of the molecule is Cc1cnc2nc(C3CC3)c(C(=O)NCc3ccc(-c4nc5n(n4)CCC(C(F)(F)F)C5)cc3)n2c1. The molecule has 0 saturated heterocycles. The molecule has 11 heteroatoms. The zero-order valence-electron chi connectivity index (χ0n) is 19.6. The lowest BCUT2D eigenvalue weighted by molar-refractivity contribution is -0.179. The minimum atomic E-state index is -4.22. The maximum absolute atomic E-state index is 13.2. The van der Waals surface area contributed by atoms with Crippen molar-refractivity contribution in [1.29, 1.82) is 0 Å². The number of hydrogen-bond acceptors (Lipinski definition) is 5. The Bertz CT molecular complexity index is 1450. The van der Waals surface area contributed by atoms with Gasteiger partial charge >= 0.3 is 6.18 Å². The van der Waals surface area contributed by atoms with Crippen LogP contribution in [-0.2, 0) is 19.5 Å². The number of carbonyl (C=O) groups is 1. The van der Waals surface area contributed by atoms with Gasteiger partial charge in [0.15, 0.2) is 5.82 Å². The largest absolute Gasteiger partial charge is 0.392 e. The van der Waals surface area contributed by atoms with Crippen LogP contribution in [0.15, 0.2) is 36.7 Å². The average Bonchev–Trinajstić information content (AvgIpc) is 3.50. The molecule has 1 aromatic carbocycles. The predicted molar refractivity (Wildman–Crippen MR) is 124 cm³/mol. The van der Waals surface area contributed by atoms with Gasteiger partial charge in [-0.1, -0.05) is 24.3 Å². The lowest BCUT2D eigenvalue weighted by Gasteiger charge is -2.24. The molecule has 186 valence electrons. The van der Waals surface area contributed by atoms with Crippen LogP contribution in [-0.4, -0.2) is 41.2 Å². The summed E-state index contributed by atoms with van der Waals surface area (Å²) < 4.78 is 42.6. The summed E-state index contributed by atoms with van der Waals surface area (Å²) in [5, 5.41) is 7.38. The van der Waals surface area contributed by atoms with Gasteiger partial charge in [-0.15, -0.1) is 0 Å². The van der Waals surface area contributed by atoms with Gasteiger partial charge in [0, 0.05) is 43.4 Å². The van der Waals surface area contributed by atoms with Crippen LogP contribution in [0.1, 0.15) is 58.3 Å². The number of aryl methyl sites for hydroxylation is 2. The molecule has 0 bridgehead atoms. The van der Waals surface area contributed by atoms with Gasteiger partial charge in [0.25, 0.3) is 5.91 Å². The Balaban J connectivity index is 1.16. The molecule has 8 nitrogen and oxygen atoms in total. The van der Waals surface area contributed by atoms with E-state index in [1.54, 1.807) is 15.3 Å². The second-order valence-corrected chi connectivity index (χ2v) is 9.61. The summed E-state index contributed by atoms with van der Waals surface area (Å²) in [6, 6.07) is 7.36. The van der Waals surface area contributed by atoms with Gasteiger partial charge in [-0.05, 0) is 37.3 Å². The number of nitrogens with zero attached hydrogens (tertiary/aromatic N) is 6. The number of benzene rings is 1. The Hall–Kier alpha value is -3.76. The van der Waals surface area contributed by atoms with Gasteiger partial charge in [-0.25, -0.2) is 19.6 Å². The van der Waals surface area contributed by atoms with Crippen molar-refractivity contribution in [2.24, 2.45) is 5.92 Å². The topological polar surface area (TPSA) is 90.0 Å². The highest BCUT2D eigenvalue weighted by molar-refractivity contribution is 5.94. The molecule has 2 aliphatic rings. The third kappa shape index (κ3) is 4.22. The molecule has 1 N–H and O–H groups in total. The van der Waals surface area contributed by atoms with Gasteiger partial charge in [0.05, 0.1) is 11.6 Å². The van der Waals surface area contributed by atoms with Gasteiger partial charge in [-0.3, -0.25) is 9.20 Å². The summed E-state index contributed by atoms with van der Waals surface area (Å²) in [6.45, 7) is 2.44. The molecule has 1 atom stereocenters. The second kappa shape index (κ2) is 8.42. The average molecular weight is 496 g/mol. The quantitative estimate of drug-likeness (QED) is 0.448. The van der Waals surface area contributed by atoms with E-state index in [4.69, 9.17) is 0 Å². The molecular weight excluding hydrogens is 471 g/mol. The molecule has 0 spiro atoms. The summed E-state index contributed by atoms with van der Waals surface area (Å²) in [6.07, 6.45) is 1.30. The fourth-order valence-corrected chi connectivity index (χ4v) is 4.66. The van der Waals surface area contributed by atoms with E-state index in [1.807, 2.05) is 37.4 Å². The number of hydrogen-bond donors (Lipinski definition) is 1. The van der Waals surface area contributed by atoms with Crippen LogP contribution >= 0.6 is 0 Å². The second-order valence-electron chi connectivity index (χ2n) is 9.61. The Morgan fingerprint density at radius 3 is 2.64 bits per heavy atom. The van der Waals surface area contributed by atoms with Crippen molar-refractivity contribution in [2.75, 3.05) is 0 Å². The number of aromatic nitrogens is 6. The molecule has 6 rings (SSSR count). The van der Waals surface area contributed by atoms with Crippen molar-refractivity contribution in [3.63, 3.8) is 0 Å². The fraction of sp³-hybridized carbons (Fsp3) is 0.400. The lowest BCUT2D eigenvalue weighted by atomic mass is 9.98. The van der Waals surface area contributed by atoms with E-state index in [2.05, 4.69) is 25.4 Å². The third-order valence-corrected chi connectivity index (χ3v) is 6.81. The van der Waals surface area contributed by atoms with Gasteiger partial charge < -0.3 is 5.32 Å². The van der Waals surface area contributed by atoms with Crippen LogP contribution in [0, 0.1) is 12.8 Å². The maximum Gasteiger partial charge on any atom is 0.392 e. The summed E-state index contributed by atoms with van der Waals surface area (Å²) in [5.74, 6) is 0.00959. The highest BCUT2D eigenvalue weighted by atomic mass is 19.4. The van der Waals surface area contributed by atoms with Crippen molar-refractivity contribution in [2.45, 2.75) is 57.8 Å². The van der Waals surface area contributed by atoms with Gasteiger partial charge in [-0.2, -0.15) is 18.3 Å². The summed E-state index contributed by atoms with van der Waals surface area (Å²) in [4.78, 5) is 26.5. The Morgan fingerprint density at radius 1 is 1.14 bits per heavy atom. The Morgan fingerprint density at radius 2 is 1.92 bits per heavy atom. The standard InChI is InChI=1S/C25H24F3N7O/c1-14-11-30-24-32-20(16-6-7-16)21(34(24)13-14)23(36)29-12-15-2-4-17(5-3-15)22-31-19-10-18(25(26,27)28)8-9-35(19)33-22/h2-5,11,13,16,18H,6-10,12H2,1H3,(H,29,36). The van der Waals surface area contributed by atoms with Crippen molar-refractivity contribution in [3.8, 4) is 11.4 Å². The number of fused-ring (bicyclic) bond motifs is 2. The third-order valence-electron chi connectivity index (χ3n) is 6.81. The minimum absolute atomic E-state index is 0.0164. The van der Waals surface area contributed by atoms with E-state index in [0.29, 0.717) is 35.6 Å². The zero-order valence-corrected chi connectivity index (χ0v) is 19.6. The summed E-state index contributed by atoms with van der Waals surface area (Å²) in [7, 11) is 0. The molecule has 1 aliphatic carbocycles. The smallest absolute Gasteiger partial charge is 0.347 e. The number of alkyl halides is 3. The van der Waals surface area contributed by atoms with Crippen LogP contribution in [0.4, 0.5) is 13.2 Å². The Labute approximate surface area is 204 Å². The van der Waals surface area contributed by atoms with Crippen molar-refractivity contribution in [3.05, 3.63) is 65.0 Å². The molecule has 36 heavy (non-hydrogen) atoms.